The van der Waals surface area contributed by atoms with Gasteiger partial charge in [0.15, 0.2) is 29.1 Å². The van der Waals surface area contributed by atoms with Crippen LogP contribution in [-0.4, -0.2) is 20.0 Å². The van der Waals surface area contributed by atoms with Crippen LogP contribution in [0.15, 0.2) is 0 Å². The maximum atomic E-state index is 13.8. The van der Waals surface area contributed by atoms with Crippen LogP contribution >= 0.6 is 0 Å². The topological polar surface area (TPSA) is 18.5 Å². The zero-order valence-electron chi connectivity index (χ0n) is 20.0. The maximum Gasteiger partial charge on any atom is 0.200 e. The standard InChI is InChI=1S/C25H39F5O2/c1-5-6-7-8-9-12-15-18(25(2,31-3)32-4)16-13-10-11-14-17-19-20(26)22(28)24(30)23(29)21(19)27/h18H,5-17H2,1-4H3. The highest BCUT2D eigenvalue weighted by molar-refractivity contribution is 5.24. The third-order valence-corrected chi connectivity index (χ3v) is 6.49. The quantitative estimate of drug-likeness (QED) is 0.0756. The molecule has 0 aromatic heterocycles. The Hall–Kier alpha value is -1.21. The van der Waals surface area contributed by atoms with E-state index < -0.39 is 40.4 Å². The molecular formula is C25H39F5O2. The Balaban J connectivity index is 2.49. The molecule has 0 N–H and O–H groups in total. The van der Waals surface area contributed by atoms with Gasteiger partial charge in [-0.1, -0.05) is 64.7 Å². The van der Waals surface area contributed by atoms with Crippen LogP contribution in [0, 0.1) is 35.0 Å². The number of methoxy groups -OCH3 is 2. The van der Waals surface area contributed by atoms with Crippen molar-refractivity contribution in [3.63, 3.8) is 0 Å². The second-order valence-corrected chi connectivity index (χ2v) is 8.68. The minimum Gasteiger partial charge on any atom is -0.353 e. The van der Waals surface area contributed by atoms with E-state index >= 15 is 0 Å². The molecule has 1 aromatic carbocycles. The van der Waals surface area contributed by atoms with Crippen LogP contribution in [-0.2, 0) is 15.9 Å². The van der Waals surface area contributed by atoms with Crippen molar-refractivity contribution in [2.45, 2.75) is 103 Å². The van der Waals surface area contributed by atoms with Gasteiger partial charge in [-0.25, -0.2) is 22.0 Å². The molecule has 0 amide bonds. The molecule has 0 fully saturated rings. The summed E-state index contributed by atoms with van der Waals surface area (Å²) in [6.45, 7) is 4.14. The number of hydrogen-bond acceptors (Lipinski definition) is 2. The molecule has 0 bridgehead atoms. The summed E-state index contributed by atoms with van der Waals surface area (Å²) in [5.41, 5.74) is -0.728. The molecular weight excluding hydrogens is 427 g/mol. The van der Waals surface area contributed by atoms with E-state index in [0.717, 1.165) is 32.1 Å². The predicted molar refractivity (Wildman–Crippen MR) is 117 cm³/mol. The molecule has 0 saturated carbocycles. The monoisotopic (exact) mass is 466 g/mol. The molecule has 0 radical (unpaired) electrons. The summed E-state index contributed by atoms with van der Waals surface area (Å²) in [6.07, 6.45) is 11.6. The predicted octanol–water partition coefficient (Wildman–Crippen LogP) is 8.25. The summed E-state index contributed by atoms with van der Waals surface area (Å²) in [6, 6.07) is 0. The summed E-state index contributed by atoms with van der Waals surface area (Å²) in [7, 11) is 3.28. The van der Waals surface area contributed by atoms with Crippen molar-refractivity contribution in [2.75, 3.05) is 14.2 Å². The molecule has 1 rings (SSSR count). The molecule has 7 heteroatoms. The Morgan fingerprint density at radius 2 is 1.03 bits per heavy atom. The second-order valence-electron chi connectivity index (χ2n) is 8.68. The van der Waals surface area contributed by atoms with Gasteiger partial charge in [-0.2, -0.15) is 0 Å². The van der Waals surface area contributed by atoms with Gasteiger partial charge >= 0.3 is 0 Å². The number of rotatable bonds is 17. The van der Waals surface area contributed by atoms with E-state index in [-0.39, 0.29) is 12.3 Å². The molecule has 0 saturated heterocycles. The van der Waals surface area contributed by atoms with Gasteiger partial charge in [0.1, 0.15) is 0 Å². The molecule has 0 spiro atoms. The van der Waals surface area contributed by atoms with E-state index in [1.54, 1.807) is 14.2 Å². The molecule has 0 aliphatic rings. The van der Waals surface area contributed by atoms with Crippen LogP contribution < -0.4 is 0 Å². The Morgan fingerprint density at radius 1 is 0.625 bits per heavy atom. The van der Waals surface area contributed by atoms with Crippen LogP contribution in [0.4, 0.5) is 22.0 Å². The highest BCUT2D eigenvalue weighted by Crippen LogP contribution is 2.32. The number of hydrogen-bond donors (Lipinski definition) is 0. The van der Waals surface area contributed by atoms with Crippen LogP contribution in [0.1, 0.15) is 96.5 Å². The minimum absolute atomic E-state index is 0.180. The van der Waals surface area contributed by atoms with Crippen molar-refractivity contribution < 1.29 is 31.4 Å². The lowest BCUT2D eigenvalue weighted by molar-refractivity contribution is -0.230. The van der Waals surface area contributed by atoms with Crippen LogP contribution in [0.2, 0.25) is 0 Å². The fourth-order valence-corrected chi connectivity index (χ4v) is 4.17. The molecule has 32 heavy (non-hydrogen) atoms. The van der Waals surface area contributed by atoms with Gasteiger partial charge in [0, 0.05) is 25.7 Å². The largest absolute Gasteiger partial charge is 0.353 e. The molecule has 0 aliphatic heterocycles. The van der Waals surface area contributed by atoms with Gasteiger partial charge < -0.3 is 9.47 Å². The summed E-state index contributed by atoms with van der Waals surface area (Å²) in [5, 5.41) is 0. The molecule has 186 valence electrons. The average Bonchev–Trinajstić information content (AvgIpc) is 2.80. The number of halogens is 5. The van der Waals surface area contributed by atoms with E-state index in [1.807, 2.05) is 6.92 Å². The Kier molecular flexibility index (Phi) is 13.4. The first-order chi connectivity index (χ1) is 15.2. The Labute approximate surface area is 189 Å². The first kappa shape index (κ1) is 28.8. The number of benzene rings is 1. The fourth-order valence-electron chi connectivity index (χ4n) is 4.17. The smallest absolute Gasteiger partial charge is 0.200 e. The molecule has 1 aromatic rings. The zero-order valence-corrected chi connectivity index (χ0v) is 20.0. The average molecular weight is 467 g/mol. The summed E-state index contributed by atoms with van der Waals surface area (Å²) < 4.78 is 78.5. The lowest BCUT2D eigenvalue weighted by Gasteiger charge is -2.35. The van der Waals surface area contributed by atoms with Crippen LogP contribution in [0.3, 0.4) is 0 Å². The third kappa shape index (κ3) is 8.29. The molecule has 0 aliphatic carbocycles. The van der Waals surface area contributed by atoms with Gasteiger partial charge in [-0.05, 0) is 32.6 Å². The normalized spacial score (nSPS) is 13.0. The van der Waals surface area contributed by atoms with Gasteiger partial charge in [-0.15, -0.1) is 0 Å². The molecule has 0 heterocycles. The Bertz CT molecular complexity index is 648. The summed E-state index contributed by atoms with van der Waals surface area (Å²) in [4.78, 5) is 0. The first-order valence-corrected chi connectivity index (χ1v) is 11.8. The first-order valence-electron chi connectivity index (χ1n) is 11.8. The molecule has 1 atom stereocenters. The van der Waals surface area contributed by atoms with E-state index in [9.17, 15) is 22.0 Å². The van der Waals surface area contributed by atoms with Gasteiger partial charge in [0.05, 0.1) is 0 Å². The number of ether oxygens (including phenoxy) is 2. The van der Waals surface area contributed by atoms with Gasteiger partial charge in [0.2, 0.25) is 5.82 Å². The van der Waals surface area contributed by atoms with Crippen molar-refractivity contribution >= 4 is 0 Å². The van der Waals surface area contributed by atoms with Crippen LogP contribution in [0.25, 0.3) is 0 Å². The van der Waals surface area contributed by atoms with Crippen molar-refractivity contribution in [3.8, 4) is 0 Å². The highest BCUT2D eigenvalue weighted by atomic mass is 19.2. The lowest BCUT2D eigenvalue weighted by Crippen LogP contribution is -2.39. The lowest BCUT2D eigenvalue weighted by atomic mass is 9.87. The second kappa shape index (κ2) is 14.8. The van der Waals surface area contributed by atoms with Crippen LogP contribution in [0.5, 0.6) is 0 Å². The highest BCUT2D eigenvalue weighted by Gasteiger charge is 2.33. The summed E-state index contributed by atoms with van der Waals surface area (Å²) >= 11 is 0. The van der Waals surface area contributed by atoms with Gasteiger partial charge in [-0.3, -0.25) is 0 Å². The number of unbranched alkanes of at least 4 members (excludes halogenated alkanes) is 8. The third-order valence-electron chi connectivity index (χ3n) is 6.49. The fraction of sp³-hybridized carbons (Fsp3) is 0.760. The van der Waals surface area contributed by atoms with E-state index in [2.05, 4.69) is 6.92 Å². The minimum atomic E-state index is -2.11. The maximum absolute atomic E-state index is 13.8. The van der Waals surface area contributed by atoms with Crippen molar-refractivity contribution in [2.24, 2.45) is 5.92 Å². The van der Waals surface area contributed by atoms with E-state index in [4.69, 9.17) is 9.47 Å². The molecule has 1 unspecified atom stereocenters. The van der Waals surface area contributed by atoms with Crippen molar-refractivity contribution in [1.82, 2.24) is 0 Å². The van der Waals surface area contributed by atoms with Gasteiger partial charge in [0.25, 0.3) is 0 Å². The van der Waals surface area contributed by atoms with Crippen molar-refractivity contribution in [1.29, 1.82) is 0 Å². The zero-order chi connectivity index (χ0) is 24.1. The van der Waals surface area contributed by atoms with E-state index in [0.29, 0.717) is 12.8 Å². The summed E-state index contributed by atoms with van der Waals surface area (Å²) in [5.74, 6) is -9.77. The Morgan fingerprint density at radius 3 is 1.50 bits per heavy atom. The SMILES string of the molecule is CCCCCCCCC(CCCCCCc1c(F)c(F)c(F)c(F)c1F)C(C)(OC)OC. The van der Waals surface area contributed by atoms with Crippen molar-refractivity contribution in [3.05, 3.63) is 34.6 Å². The molecule has 2 nitrogen and oxygen atoms in total. The van der Waals surface area contributed by atoms with E-state index in [1.165, 1.54) is 32.1 Å².